The maximum absolute atomic E-state index is 12.2. The number of imidazole rings is 1. The maximum atomic E-state index is 12.2. The first-order valence-electron chi connectivity index (χ1n) is 16.2. The second-order valence-electron chi connectivity index (χ2n) is 11.9. The van der Waals surface area contributed by atoms with E-state index in [-0.39, 0.29) is 32.3 Å². The Kier molecular flexibility index (Phi) is 10.4. The molecule has 0 saturated carbocycles. The second kappa shape index (κ2) is 15.2. The number of aromatic nitrogens is 4. The molecule has 6 aromatic rings. The molecule has 0 aliphatic heterocycles. The number of aliphatic hydroxyl groups excluding tert-OH is 3. The Morgan fingerprint density at radius 3 is 2.33 bits per heavy atom. The normalized spacial score (nSPS) is 12.1. The Balaban J connectivity index is 1.32. The number of hydrogen-bond donors (Lipinski definition) is 6. The number of aromatic amines is 1. The molecule has 0 aliphatic carbocycles. The van der Waals surface area contributed by atoms with Gasteiger partial charge in [0.2, 0.25) is 5.91 Å². The van der Waals surface area contributed by atoms with Gasteiger partial charge in [-0.15, -0.1) is 0 Å². The summed E-state index contributed by atoms with van der Waals surface area (Å²) in [5.74, 6) is 0.414. The number of fused-ring (bicyclic) bond motifs is 2. The first-order chi connectivity index (χ1) is 23.4. The molecule has 0 spiro atoms. The lowest BCUT2D eigenvalue weighted by Crippen LogP contribution is -2.29. The van der Waals surface area contributed by atoms with E-state index in [0.717, 1.165) is 67.7 Å². The Labute approximate surface area is 278 Å². The molecule has 0 radical (unpaired) electrons. The van der Waals surface area contributed by atoms with E-state index in [0.29, 0.717) is 26.2 Å². The quantitative estimate of drug-likeness (QED) is 0.0923. The fourth-order valence-electron chi connectivity index (χ4n) is 6.15. The monoisotopic (exact) mass is 647 g/mol. The highest BCUT2D eigenvalue weighted by Gasteiger charge is 2.19. The molecule has 2 aromatic heterocycles. The van der Waals surface area contributed by atoms with Crippen molar-refractivity contribution < 1.29 is 20.1 Å². The van der Waals surface area contributed by atoms with Crippen LogP contribution in [0.15, 0.2) is 91.1 Å². The summed E-state index contributed by atoms with van der Waals surface area (Å²) in [5, 5.41) is 40.1. The van der Waals surface area contributed by atoms with Crippen LogP contribution in [-0.2, 0) is 30.9 Å². The Hall–Kier alpha value is -5.07. The van der Waals surface area contributed by atoms with Crippen LogP contribution in [0.2, 0.25) is 0 Å². The van der Waals surface area contributed by atoms with Crippen molar-refractivity contribution in [2.75, 3.05) is 31.2 Å². The van der Waals surface area contributed by atoms with Crippen LogP contribution in [-0.4, -0.2) is 67.3 Å². The minimum Gasteiger partial charge on any atom is -0.395 e. The van der Waals surface area contributed by atoms with Gasteiger partial charge >= 0.3 is 0 Å². The van der Waals surface area contributed by atoms with Crippen molar-refractivity contribution in [2.24, 2.45) is 5.73 Å². The van der Waals surface area contributed by atoms with Gasteiger partial charge in [0.05, 0.1) is 42.6 Å². The Morgan fingerprint density at radius 1 is 0.896 bits per heavy atom. The molecule has 0 aliphatic rings. The third-order valence-electron chi connectivity index (χ3n) is 8.70. The van der Waals surface area contributed by atoms with E-state index >= 15 is 0 Å². The van der Waals surface area contributed by atoms with Gasteiger partial charge in [-0.3, -0.25) is 9.89 Å². The summed E-state index contributed by atoms with van der Waals surface area (Å²) in [6, 6.07) is 27.9. The summed E-state index contributed by atoms with van der Waals surface area (Å²) in [5.41, 5.74) is 14.3. The molecule has 0 saturated heterocycles. The van der Waals surface area contributed by atoms with Gasteiger partial charge in [0.25, 0.3) is 0 Å². The highest BCUT2D eigenvalue weighted by molar-refractivity contribution is 5.82. The van der Waals surface area contributed by atoms with Crippen LogP contribution in [0.4, 0.5) is 5.69 Å². The Morgan fingerprint density at radius 2 is 1.62 bits per heavy atom. The van der Waals surface area contributed by atoms with Crippen molar-refractivity contribution >= 4 is 33.5 Å². The standard InChI is InChI=1S/C37H41N7O4/c38-36(48)21-33(39-22-27-5-11-32-30(19-27)23-40-42-32)29-8-12-35-34(20-29)41-37(44(35)14-13-25-1-3-26(24-47)4-2-25)28-6-9-31(10-7-28)43(15-17-45)16-18-46/h1-12,19-20,23,33,39,45-47H,13-18,21-22,24H2,(H2,38,48)(H,40,42). The lowest BCUT2D eigenvalue weighted by Gasteiger charge is -2.23. The highest BCUT2D eigenvalue weighted by Crippen LogP contribution is 2.30. The topological polar surface area (TPSA) is 166 Å². The second-order valence-corrected chi connectivity index (χ2v) is 11.9. The predicted molar refractivity (Wildman–Crippen MR) is 187 cm³/mol. The van der Waals surface area contributed by atoms with Crippen LogP contribution in [0, 0.1) is 0 Å². The number of carbonyl (C=O) groups is 1. The van der Waals surface area contributed by atoms with E-state index < -0.39 is 5.91 Å². The minimum absolute atomic E-state index is 0.00811. The van der Waals surface area contributed by atoms with Gasteiger partial charge in [0.15, 0.2) is 0 Å². The van der Waals surface area contributed by atoms with Crippen molar-refractivity contribution in [1.82, 2.24) is 25.1 Å². The molecule has 7 N–H and O–H groups in total. The minimum atomic E-state index is -0.396. The molecule has 11 heteroatoms. The van der Waals surface area contributed by atoms with Crippen molar-refractivity contribution in [1.29, 1.82) is 0 Å². The van der Waals surface area contributed by atoms with Gasteiger partial charge in [-0.25, -0.2) is 4.98 Å². The van der Waals surface area contributed by atoms with Crippen molar-refractivity contribution in [2.45, 2.75) is 38.6 Å². The molecule has 0 fully saturated rings. The van der Waals surface area contributed by atoms with E-state index in [4.69, 9.17) is 10.7 Å². The number of nitrogens with one attached hydrogen (secondary N) is 2. The number of anilines is 1. The van der Waals surface area contributed by atoms with E-state index in [2.05, 4.69) is 32.2 Å². The molecular formula is C37H41N7O4. The van der Waals surface area contributed by atoms with Crippen molar-refractivity contribution in [3.05, 3.63) is 113 Å². The smallest absolute Gasteiger partial charge is 0.219 e. The largest absolute Gasteiger partial charge is 0.395 e. The van der Waals surface area contributed by atoms with Crippen LogP contribution in [0.3, 0.4) is 0 Å². The number of nitrogens with zero attached hydrogens (tertiary/aromatic N) is 4. The molecule has 1 atom stereocenters. The number of benzene rings is 4. The zero-order valence-electron chi connectivity index (χ0n) is 26.7. The molecule has 6 rings (SSSR count). The molecule has 4 aromatic carbocycles. The molecule has 1 unspecified atom stereocenters. The summed E-state index contributed by atoms with van der Waals surface area (Å²) >= 11 is 0. The zero-order chi connectivity index (χ0) is 33.5. The average molecular weight is 648 g/mol. The number of aliphatic hydroxyl groups is 3. The lowest BCUT2D eigenvalue weighted by molar-refractivity contribution is -0.118. The van der Waals surface area contributed by atoms with Gasteiger partial charge in [-0.2, -0.15) is 5.10 Å². The number of amides is 1. The number of carbonyl (C=O) groups excluding carboxylic acids is 1. The SMILES string of the molecule is NC(=O)CC(NCc1ccc2[nH]ncc2c1)c1ccc2c(c1)nc(-c1ccc(N(CCO)CCO)cc1)n2CCc1ccc(CO)cc1. The van der Waals surface area contributed by atoms with Gasteiger partial charge in [-0.05, 0) is 77.2 Å². The average Bonchev–Trinajstić information content (AvgIpc) is 3.73. The molecule has 1 amide bonds. The van der Waals surface area contributed by atoms with Crippen molar-refractivity contribution in [3.8, 4) is 11.4 Å². The molecule has 48 heavy (non-hydrogen) atoms. The maximum Gasteiger partial charge on any atom is 0.219 e. The molecule has 248 valence electrons. The number of rotatable bonds is 16. The van der Waals surface area contributed by atoms with Gasteiger partial charge < -0.3 is 35.8 Å². The summed E-state index contributed by atoms with van der Waals surface area (Å²) in [6.07, 6.45) is 2.69. The van der Waals surface area contributed by atoms with E-state index in [9.17, 15) is 20.1 Å². The Bertz CT molecular complexity index is 1960. The number of aryl methyl sites for hydroxylation is 2. The third-order valence-corrected chi connectivity index (χ3v) is 8.70. The zero-order valence-corrected chi connectivity index (χ0v) is 26.7. The number of hydrogen-bond acceptors (Lipinski definition) is 8. The summed E-state index contributed by atoms with van der Waals surface area (Å²) < 4.78 is 2.21. The van der Waals surface area contributed by atoms with Gasteiger partial charge in [0.1, 0.15) is 5.82 Å². The van der Waals surface area contributed by atoms with Crippen LogP contribution >= 0.6 is 0 Å². The number of nitrogens with two attached hydrogens (primary N) is 1. The summed E-state index contributed by atoms with van der Waals surface area (Å²) in [6.45, 7) is 2.06. The predicted octanol–water partition coefficient (Wildman–Crippen LogP) is 3.81. The van der Waals surface area contributed by atoms with Gasteiger partial charge in [0, 0.05) is 55.3 Å². The highest BCUT2D eigenvalue weighted by atomic mass is 16.3. The first kappa shape index (κ1) is 32.9. The third kappa shape index (κ3) is 7.56. The molecule has 2 heterocycles. The fourth-order valence-corrected chi connectivity index (χ4v) is 6.15. The molecule has 0 bridgehead atoms. The first-order valence-corrected chi connectivity index (χ1v) is 16.2. The molecular weight excluding hydrogens is 606 g/mol. The number of H-pyrrole nitrogens is 1. The summed E-state index contributed by atoms with van der Waals surface area (Å²) in [7, 11) is 0. The fraction of sp³-hybridized carbons (Fsp3) is 0.270. The van der Waals surface area contributed by atoms with E-state index in [1.54, 1.807) is 6.20 Å². The van der Waals surface area contributed by atoms with Crippen molar-refractivity contribution in [3.63, 3.8) is 0 Å². The lowest BCUT2D eigenvalue weighted by atomic mass is 10.0. The summed E-state index contributed by atoms with van der Waals surface area (Å²) in [4.78, 5) is 19.2. The van der Waals surface area contributed by atoms with E-state index in [1.165, 1.54) is 0 Å². The molecule has 11 nitrogen and oxygen atoms in total. The van der Waals surface area contributed by atoms with E-state index in [1.807, 2.05) is 77.7 Å². The van der Waals surface area contributed by atoms with Crippen LogP contribution in [0.25, 0.3) is 33.3 Å². The number of primary amides is 1. The van der Waals surface area contributed by atoms with Gasteiger partial charge in [-0.1, -0.05) is 36.4 Å². The van der Waals surface area contributed by atoms with Crippen LogP contribution in [0.1, 0.15) is 34.7 Å². The van der Waals surface area contributed by atoms with Crippen LogP contribution < -0.4 is 16.0 Å². The van der Waals surface area contributed by atoms with Crippen LogP contribution in [0.5, 0.6) is 0 Å².